The number of hydrogen-bond acceptors (Lipinski definition) is 2. The van der Waals surface area contributed by atoms with Crippen LogP contribution in [0.25, 0.3) is 0 Å². The number of para-hydroxylation sites is 1. The van der Waals surface area contributed by atoms with E-state index in [2.05, 4.69) is 10.3 Å². The van der Waals surface area contributed by atoms with Gasteiger partial charge in [0.2, 0.25) is 0 Å². The highest BCUT2D eigenvalue weighted by molar-refractivity contribution is 7.80. The predicted molar refractivity (Wildman–Crippen MR) is 80.3 cm³/mol. The second-order valence-corrected chi connectivity index (χ2v) is 4.63. The zero-order chi connectivity index (χ0) is 15.5. The van der Waals surface area contributed by atoms with Crippen LogP contribution in [0.1, 0.15) is 5.56 Å². The van der Waals surface area contributed by atoms with E-state index in [1.165, 1.54) is 18.2 Å². The van der Waals surface area contributed by atoms with E-state index < -0.39 is 11.7 Å². The fraction of sp³-hybridized carbons (Fsp3) is 0.143. The van der Waals surface area contributed by atoms with Gasteiger partial charge in [0.05, 0.1) is 23.1 Å². The summed E-state index contributed by atoms with van der Waals surface area (Å²) in [6.07, 6.45) is -1.26. The average Bonchev–Trinajstić information content (AvgIpc) is 2.47. The van der Waals surface area contributed by atoms with Gasteiger partial charge in [0, 0.05) is 13.2 Å². The lowest BCUT2D eigenvalue weighted by molar-refractivity contribution is -0.136. The zero-order valence-electron chi connectivity index (χ0n) is 11.1. The zero-order valence-corrected chi connectivity index (χ0v) is 11.9. The highest BCUT2D eigenvalue weighted by Crippen LogP contribution is 2.34. The van der Waals surface area contributed by atoms with Crippen LogP contribution < -0.4 is 10.2 Å². The van der Waals surface area contributed by atoms with Crippen LogP contribution in [0.5, 0.6) is 0 Å². The van der Waals surface area contributed by atoms with Crippen LogP contribution >= 0.6 is 12.2 Å². The van der Waals surface area contributed by atoms with Crippen LogP contribution in [0.2, 0.25) is 0 Å². The van der Waals surface area contributed by atoms with E-state index in [1.807, 2.05) is 0 Å². The Balaban J connectivity index is 2.21. The van der Waals surface area contributed by atoms with Crippen LogP contribution in [0.4, 0.5) is 24.5 Å². The second-order valence-electron chi connectivity index (χ2n) is 4.24. The molecule has 0 amide bonds. The molecule has 7 heteroatoms. The summed E-state index contributed by atoms with van der Waals surface area (Å²) in [5.74, 6) is 0. The van der Waals surface area contributed by atoms with Gasteiger partial charge in [0.25, 0.3) is 0 Å². The number of benzene rings is 1. The monoisotopic (exact) mass is 311 g/mol. The molecule has 0 aliphatic heterocycles. The van der Waals surface area contributed by atoms with E-state index in [4.69, 9.17) is 12.2 Å². The first-order chi connectivity index (χ1) is 9.89. The molecule has 1 N–H and O–H groups in total. The Morgan fingerprint density at radius 1 is 1.19 bits per heavy atom. The van der Waals surface area contributed by atoms with Gasteiger partial charge >= 0.3 is 6.18 Å². The number of halogens is 3. The van der Waals surface area contributed by atoms with Crippen molar-refractivity contribution >= 4 is 28.7 Å². The molecular formula is C14H12F3N3S. The topological polar surface area (TPSA) is 28.2 Å². The third-order valence-corrected chi connectivity index (χ3v) is 3.19. The van der Waals surface area contributed by atoms with E-state index in [1.54, 1.807) is 36.5 Å². The molecule has 0 saturated carbocycles. The number of nitrogens with one attached hydrogen (secondary N) is 1. The third kappa shape index (κ3) is 3.69. The number of alkyl halides is 3. The third-order valence-electron chi connectivity index (χ3n) is 2.81. The van der Waals surface area contributed by atoms with Gasteiger partial charge in [-0.25, -0.2) is 0 Å². The molecule has 1 aromatic carbocycles. The number of anilines is 2. The maximum absolute atomic E-state index is 12.9. The Bertz CT molecular complexity index is 629. The maximum atomic E-state index is 12.9. The van der Waals surface area contributed by atoms with Crippen molar-refractivity contribution in [1.29, 1.82) is 0 Å². The molecule has 21 heavy (non-hydrogen) atoms. The minimum absolute atomic E-state index is 0.0780. The number of aromatic nitrogens is 1. The van der Waals surface area contributed by atoms with Crippen molar-refractivity contribution in [3.05, 3.63) is 54.4 Å². The Kier molecular flexibility index (Phi) is 4.42. The highest BCUT2D eigenvalue weighted by atomic mass is 32.1. The summed E-state index contributed by atoms with van der Waals surface area (Å²) < 4.78 is 38.7. The molecule has 0 aliphatic rings. The summed E-state index contributed by atoms with van der Waals surface area (Å²) in [6.45, 7) is 0. The van der Waals surface area contributed by atoms with Crippen LogP contribution in [0.15, 0.2) is 48.8 Å². The second kappa shape index (κ2) is 6.09. The average molecular weight is 311 g/mol. The van der Waals surface area contributed by atoms with Gasteiger partial charge in [-0.15, -0.1) is 0 Å². The molecule has 1 aromatic heterocycles. The fourth-order valence-corrected chi connectivity index (χ4v) is 1.92. The first-order valence-corrected chi connectivity index (χ1v) is 6.41. The molecule has 0 spiro atoms. The van der Waals surface area contributed by atoms with Gasteiger partial charge in [-0.05, 0) is 36.5 Å². The highest BCUT2D eigenvalue weighted by Gasteiger charge is 2.33. The molecule has 0 unspecified atom stereocenters. The predicted octanol–water partition coefficient (Wildman–Crippen LogP) is 3.93. The van der Waals surface area contributed by atoms with E-state index in [0.717, 1.165) is 6.07 Å². The summed E-state index contributed by atoms with van der Waals surface area (Å²) in [6, 6.07) is 8.68. The molecule has 0 bridgehead atoms. The van der Waals surface area contributed by atoms with E-state index in [9.17, 15) is 13.2 Å². The lowest BCUT2D eigenvalue weighted by Gasteiger charge is -2.22. The van der Waals surface area contributed by atoms with E-state index >= 15 is 0 Å². The number of thiocarbonyl (C=S) groups is 1. The number of rotatable bonds is 2. The van der Waals surface area contributed by atoms with Crippen molar-refractivity contribution < 1.29 is 13.2 Å². The summed E-state index contributed by atoms with van der Waals surface area (Å²) in [7, 11) is 1.66. The minimum Gasteiger partial charge on any atom is -0.332 e. The van der Waals surface area contributed by atoms with Gasteiger partial charge in [-0.1, -0.05) is 12.1 Å². The quantitative estimate of drug-likeness (QED) is 0.851. The maximum Gasteiger partial charge on any atom is 0.418 e. The SMILES string of the molecule is CN(C(=S)Nc1ccccc1C(F)(F)F)c1cccnc1. The Labute approximate surface area is 125 Å². The van der Waals surface area contributed by atoms with Crippen molar-refractivity contribution in [2.75, 3.05) is 17.3 Å². The molecule has 2 aromatic rings. The van der Waals surface area contributed by atoms with Crippen LogP contribution in [0, 0.1) is 0 Å². The fourth-order valence-electron chi connectivity index (χ4n) is 1.71. The summed E-state index contributed by atoms with van der Waals surface area (Å²) >= 11 is 5.14. The Morgan fingerprint density at radius 3 is 2.52 bits per heavy atom. The van der Waals surface area contributed by atoms with Crippen molar-refractivity contribution in [3.63, 3.8) is 0 Å². The molecule has 0 radical (unpaired) electrons. The summed E-state index contributed by atoms with van der Waals surface area (Å²) in [4.78, 5) is 5.49. The van der Waals surface area contributed by atoms with Crippen molar-refractivity contribution in [2.45, 2.75) is 6.18 Å². The molecule has 2 rings (SSSR count). The van der Waals surface area contributed by atoms with Gasteiger partial charge in [0.1, 0.15) is 0 Å². The van der Waals surface area contributed by atoms with Gasteiger partial charge in [-0.3, -0.25) is 4.98 Å². The Hall–Kier alpha value is -2.15. The van der Waals surface area contributed by atoms with E-state index in [-0.39, 0.29) is 10.8 Å². The van der Waals surface area contributed by atoms with E-state index in [0.29, 0.717) is 5.69 Å². The minimum atomic E-state index is -4.44. The first kappa shape index (κ1) is 15.2. The van der Waals surface area contributed by atoms with Crippen molar-refractivity contribution in [1.82, 2.24) is 4.98 Å². The molecule has 0 fully saturated rings. The smallest absolute Gasteiger partial charge is 0.332 e. The normalized spacial score (nSPS) is 11.0. The number of pyridine rings is 1. The van der Waals surface area contributed by atoms with Crippen molar-refractivity contribution in [2.24, 2.45) is 0 Å². The van der Waals surface area contributed by atoms with Gasteiger partial charge in [-0.2, -0.15) is 13.2 Å². The molecule has 0 saturated heterocycles. The molecule has 110 valence electrons. The lowest BCUT2D eigenvalue weighted by Crippen LogP contribution is -2.31. The van der Waals surface area contributed by atoms with Crippen LogP contribution in [-0.4, -0.2) is 17.1 Å². The molecule has 1 heterocycles. The van der Waals surface area contributed by atoms with Crippen LogP contribution in [0.3, 0.4) is 0 Å². The Morgan fingerprint density at radius 2 is 1.90 bits per heavy atom. The molecule has 0 aliphatic carbocycles. The molecule has 0 atom stereocenters. The standard InChI is InChI=1S/C14H12F3N3S/c1-20(10-5-4-8-18-9-10)13(21)19-12-7-3-2-6-11(12)14(15,16)17/h2-9H,1H3,(H,19,21). The van der Waals surface area contributed by atoms with Gasteiger partial charge in [0.15, 0.2) is 5.11 Å². The summed E-state index contributed by atoms with van der Waals surface area (Å²) in [5.41, 5.74) is -0.155. The first-order valence-electron chi connectivity index (χ1n) is 6.00. The van der Waals surface area contributed by atoms with Gasteiger partial charge < -0.3 is 10.2 Å². The molecular weight excluding hydrogens is 299 g/mol. The lowest BCUT2D eigenvalue weighted by atomic mass is 10.1. The van der Waals surface area contributed by atoms with Crippen LogP contribution in [-0.2, 0) is 6.18 Å². The number of hydrogen-bond donors (Lipinski definition) is 1. The largest absolute Gasteiger partial charge is 0.418 e. The molecule has 3 nitrogen and oxygen atoms in total. The number of nitrogens with zero attached hydrogens (tertiary/aromatic N) is 2. The summed E-state index contributed by atoms with van der Waals surface area (Å²) in [5, 5.41) is 2.78. The van der Waals surface area contributed by atoms with Crippen molar-refractivity contribution in [3.8, 4) is 0 Å².